The van der Waals surface area contributed by atoms with Crippen LogP contribution in [0.1, 0.15) is 52.9 Å². The zero-order valence-corrected chi connectivity index (χ0v) is 9.90. The van der Waals surface area contributed by atoms with Gasteiger partial charge in [0.2, 0.25) is 0 Å². The molecular formula is C12H24N2. The van der Waals surface area contributed by atoms with Crippen molar-refractivity contribution in [3.8, 4) is 6.07 Å². The Morgan fingerprint density at radius 2 is 2.00 bits per heavy atom. The van der Waals surface area contributed by atoms with Crippen LogP contribution in [0.4, 0.5) is 0 Å². The van der Waals surface area contributed by atoms with E-state index in [1.807, 2.05) is 0 Å². The van der Waals surface area contributed by atoms with E-state index in [0.717, 1.165) is 19.5 Å². The zero-order valence-electron chi connectivity index (χ0n) is 9.90. The summed E-state index contributed by atoms with van der Waals surface area (Å²) in [5, 5.41) is 12.0. The van der Waals surface area contributed by atoms with E-state index in [1.54, 1.807) is 0 Å². The lowest BCUT2D eigenvalue weighted by molar-refractivity contribution is 0.317. The fourth-order valence-electron chi connectivity index (χ4n) is 1.41. The highest BCUT2D eigenvalue weighted by Crippen LogP contribution is 2.20. The standard InChI is InChI=1S/C12H24N2/c1-4-5-6-10-14-11-12(2,3)8-7-9-13/h14H,4-8,10-11H2,1-3H3. The van der Waals surface area contributed by atoms with Gasteiger partial charge in [0.05, 0.1) is 6.07 Å². The van der Waals surface area contributed by atoms with Crippen molar-refractivity contribution in [1.82, 2.24) is 5.32 Å². The molecule has 0 atom stereocenters. The minimum atomic E-state index is 0.266. The Morgan fingerprint density at radius 1 is 1.29 bits per heavy atom. The Morgan fingerprint density at radius 3 is 2.57 bits per heavy atom. The van der Waals surface area contributed by atoms with Crippen molar-refractivity contribution in [3.05, 3.63) is 0 Å². The van der Waals surface area contributed by atoms with E-state index in [9.17, 15) is 0 Å². The molecule has 0 aromatic carbocycles. The van der Waals surface area contributed by atoms with Crippen molar-refractivity contribution in [3.63, 3.8) is 0 Å². The van der Waals surface area contributed by atoms with E-state index in [1.165, 1.54) is 19.3 Å². The predicted molar refractivity (Wildman–Crippen MR) is 61.0 cm³/mol. The Labute approximate surface area is 88.7 Å². The van der Waals surface area contributed by atoms with Gasteiger partial charge >= 0.3 is 0 Å². The molecule has 0 aliphatic carbocycles. The van der Waals surface area contributed by atoms with Crippen molar-refractivity contribution in [2.45, 2.75) is 52.9 Å². The van der Waals surface area contributed by atoms with Gasteiger partial charge in [-0.15, -0.1) is 0 Å². The van der Waals surface area contributed by atoms with Crippen LogP contribution in [0.15, 0.2) is 0 Å². The molecule has 0 aliphatic heterocycles. The van der Waals surface area contributed by atoms with Crippen LogP contribution in [0.3, 0.4) is 0 Å². The van der Waals surface area contributed by atoms with Crippen LogP contribution < -0.4 is 5.32 Å². The van der Waals surface area contributed by atoms with E-state index in [-0.39, 0.29) is 5.41 Å². The summed E-state index contributed by atoms with van der Waals surface area (Å²) in [6, 6.07) is 2.21. The number of hydrogen-bond acceptors (Lipinski definition) is 2. The zero-order chi connectivity index (χ0) is 10.9. The molecule has 1 N–H and O–H groups in total. The fourth-order valence-corrected chi connectivity index (χ4v) is 1.41. The molecule has 0 spiro atoms. The molecule has 0 radical (unpaired) electrons. The second kappa shape index (κ2) is 7.82. The van der Waals surface area contributed by atoms with Gasteiger partial charge in [-0.25, -0.2) is 0 Å². The first kappa shape index (κ1) is 13.4. The normalized spacial score (nSPS) is 11.3. The minimum absolute atomic E-state index is 0.266. The highest BCUT2D eigenvalue weighted by atomic mass is 14.9. The molecule has 0 fully saturated rings. The number of unbranched alkanes of at least 4 members (excludes halogenated alkanes) is 2. The number of hydrogen-bond donors (Lipinski definition) is 1. The van der Waals surface area contributed by atoms with Crippen LogP contribution in [0.25, 0.3) is 0 Å². The maximum absolute atomic E-state index is 8.50. The quantitative estimate of drug-likeness (QED) is 0.605. The van der Waals surface area contributed by atoms with E-state index < -0.39 is 0 Å². The van der Waals surface area contributed by atoms with Crippen LogP contribution >= 0.6 is 0 Å². The predicted octanol–water partition coefficient (Wildman–Crippen LogP) is 3.10. The first-order valence-electron chi connectivity index (χ1n) is 5.70. The third kappa shape index (κ3) is 8.07. The molecule has 0 unspecified atom stereocenters. The molecular weight excluding hydrogens is 172 g/mol. The van der Waals surface area contributed by atoms with Crippen molar-refractivity contribution >= 4 is 0 Å². The van der Waals surface area contributed by atoms with E-state index in [2.05, 4.69) is 32.2 Å². The lowest BCUT2D eigenvalue weighted by atomic mass is 9.88. The molecule has 0 saturated carbocycles. The first-order valence-corrected chi connectivity index (χ1v) is 5.70. The molecule has 82 valence electrons. The molecule has 0 bridgehead atoms. The van der Waals surface area contributed by atoms with Gasteiger partial charge < -0.3 is 5.32 Å². The van der Waals surface area contributed by atoms with Gasteiger partial charge in [0.1, 0.15) is 0 Å². The molecule has 0 amide bonds. The third-order valence-corrected chi connectivity index (χ3v) is 2.47. The number of nitrogens with one attached hydrogen (secondary N) is 1. The van der Waals surface area contributed by atoms with E-state index in [0.29, 0.717) is 6.42 Å². The van der Waals surface area contributed by atoms with Gasteiger partial charge in [0.15, 0.2) is 0 Å². The van der Waals surface area contributed by atoms with E-state index in [4.69, 9.17) is 5.26 Å². The monoisotopic (exact) mass is 196 g/mol. The summed E-state index contributed by atoms with van der Waals surface area (Å²) in [4.78, 5) is 0. The Hall–Kier alpha value is -0.550. The SMILES string of the molecule is CCCCCNCC(C)(C)CCC#N. The first-order chi connectivity index (χ1) is 6.62. The average molecular weight is 196 g/mol. The highest BCUT2D eigenvalue weighted by molar-refractivity contribution is 4.78. The van der Waals surface area contributed by atoms with Gasteiger partial charge in [0.25, 0.3) is 0 Å². The van der Waals surface area contributed by atoms with Gasteiger partial charge in [0, 0.05) is 13.0 Å². The fraction of sp³-hybridized carbons (Fsp3) is 0.917. The van der Waals surface area contributed by atoms with Gasteiger partial charge in [-0.05, 0) is 24.8 Å². The number of nitriles is 1. The van der Waals surface area contributed by atoms with E-state index >= 15 is 0 Å². The second-order valence-corrected chi connectivity index (χ2v) is 4.71. The molecule has 0 heterocycles. The summed E-state index contributed by atoms with van der Waals surface area (Å²) in [5.41, 5.74) is 0.266. The maximum atomic E-state index is 8.50. The summed E-state index contributed by atoms with van der Waals surface area (Å²) in [6.45, 7) is 8.80. The molecule has 2 nitrogen and oxygen atoms in total. The van der Waals surface area contributed by atoms with Crippen molar-refractivity contribution in [2.75, 3.05) is 13.1 Å². The van der Waals surface area contributed by atoms with Crippen molar-refractivity contribution in [1.29, 1.82) is 5.26 Å². The minimum Gasteiger partial charge on any atom is -0.316 e. The summed E-state index contributed by atoms with van der Waals surface area (Å²) in [5.74, 6) is 0. The van der Waals surface area contributed by atoms with Crippen LogP contribution in [0.5, 0.6) is 0 Å². The summed E-state index contributed by atoms with van der Waals surface area (Å²) in [6.07, 6.45) is 5.52. The third-order valence-electron chi connectivity index (χ3n) is 2.47. The maximum Gasteiger partial charge on any atom is 0.0621 e. The topological polar surface area (TPSA) is 35.8 Å². The summed E-state index contributed by atoms with van der Waals surface area (Å²) in [7, 11) is 0. The van der Waals surface area contributed by atoms with Crippen molar-refractivity contribution in [2.24, 2.45) is 5.41 Å². The molecule has 0 aromatic heterocycles. The Bertz CT molecular complexity index is 168. The molecule has 14 heavy (non-hydrogen) atoms. The highest BCUT2D eigenvalue weighted by Gasteiger charge is 2.16. The lowest BCUT2D eigenvalue weighted by Crippen LogP contribution is -2.30. The molecule has 2 heteroatoms. The smallest absolute Gasteiger partial charge is 0.0621 e. The summed E-state index contributed by atoms with van der Waals surface area (Å²) < 4.78 is 0. The lowest BCUT2D eigenvalue weighted by Gasteiger charge is -2.23. The van der Waals surface area contributed by atoms with Crippen LogP contribution in [0.2, 0.25) is 0 Å². The van der Waals surface area contributed by atoms with Crippen molar-refractivity contribution < 1.29 is 0 Å². The van der Waals surface area contributed by atoms with Crippen LogP contribution in [0, 0.1) is 16.7 Å². The molecule has 0 saturated heterocycles. The largest absolute Gasteiger partial charge is 0.316 e. The number of nitrogens with zero attached hydrogens (tertiary/aromatic N) is 1. The number of rotatable bonds is 8. The molecule has 0 aliphatic rings. The van der Waals surface area contributed by atoms with Crippen LogP contribution in [-0.2, 0) is 0 Å². The average Bonchev–Trinajstić information content (AvgIpc) is 2.15. The molecule has 0 rings (SSSR count). The summed E-state index contributed by atoms with van der Waals surface area (Å²) >= 11 is 0. The van der Waals surface area contributed by atoms with Gasteiger partial charge in [-0.2, -0.15) is 5.26 Å². The Kier molecular flexibility index (Phi) is 7.51. The molecule has 0 aromatic rings. The Balaban J connectivity index is 3.41. The van der Waals surface area contributed by atoms with Crippen LogP contribution in [-0.4, -0.2) is 13.1 Å². The van der Waals surface area contributed by atoms with Gasteiger partial charge in [-0.3, -0.25) is 0 Å². The second-order valence-electron chi connectivity index (χ2n) is 4.71. The van der Waals surface area contributed by atoms with Gasteiger partial charge in [-0.1, -0.05) is 33.6 Å².